The van der Waals surface area contributed by atoms with Gasteiger partial charge >= 0.3 is 11.4 Å². The normalized spacial score (nSPS) is 11.4. The number of H-pyrrole nitrogens is 1. The highest BCUT2D eigenvalue weighted by Gasteiger charge is 2.10. The van der Waals surface area contributed by atoms with Gasteiger partial charge < -0.3 is 10.1 Å². The molecule has 2 N–H and O–H groups in total. The summed E-state index contributed by atoms with van der Waals surface area (Å²) in [5, 5.41) is 10.7. The molecule has 4 aromatic rings. The first-order valence-corrected chi connectivity index (χ1v) is 11.3. The van der Waals surface area contributed by atoms with Crippen LogP contribution in [0.15, 0.2) is 75.2 Å². The van der Waals surface area contributed by atoms with E-state index < -0.39 is 11.4 Å². The van der Waals surface area contributed by atoms with Crippen LogP contribution in [0.5, 0.6) is 11.6 Å². The minimum Gasteiger partial charge on any atom is -0.438 e. The summed E-state index contributed by atoms with van der Waals surface area (Å²) in [7, 11) is 1.50. The number of hydrogen-bond donors (Lipinski definition) is 2. The van der Waals surface area contributed by atoms with Gasteiger partial charge in [-0.05, 0) is 55.0 Å². The van der Waals surface area contributed by atoms with Gasteiger partial charge in [-0.25, -0.2) is 19.1 Å². The van der Waals surface area contributed by atoms with Crippen molar-refractivity contribution in [3.8, 4) is 11.6 Å². The van der Waals surface area contributed by atoms with Gasteiger partial charge in [-0.3, -0.25) is 14.3 Å². The molecule has 0 fully saturated rings. The van der Waals surface area contributed by atoms with Gasteiger partial charge in [-0.2, -0.15) is 0 Å². The van der Waals surface area contributed by atoms with Crippen molar-refractivity contribution in [2.45, 2.75) is 20.0 Å². The Morgan fingerprint density at radius 1 is 1.03 bits per heavy atom. The van der Waals surface area contributed by atoms with Crippen LogP contribution >= 0.6 is 11.6 Å². The van der Waals surface area contributed by atoms with Crippen LogP contribution in [0.2, 0.25) is 5.02 Å². The Morgan fingerprint density at radius 2 is 1.75 bits per heavy atom. The highest BCUT2D eigenvalue weighted by molar-refractivity contribution is 6.30. The van der Waals surface area contributed by atoms with E-state index in [2.05, 4.69) is 25.5 Å². The molecule has 4 rings (SSSR count). The molecular weight excluding hydrogens is 486 g/mol. The molecule has 0 aliphatic rings. The number of nitrogens with one attached hydrogen (secondary N) is 2. The van der Waals surface area contributed by atoms with Crippen LogP contribution in [0.1, 0.15) is 23.0 Å². The first-order valence-electron chi connectivity index (χ1n) is 10.9. The Labute approximate surface area is 209 Å². The van der Waals surface area contributed by atoms with Crippen molar-refractivity contribution in [3.63, 3.8) is 0 Å². The van der Waals surface area contributed by atoms with Crippen LogP contribution in [0.25, 0.3) is 0 Å². The van der Waals surface area contributed by atoms with E-state index in [1.165, 1.54) is 23.7 Å². The van der Waals surface area contributed by atoms with Crippen molar-refractivity contribution in [1.82, 2.24) is 29.6 Å². The minimum atomic E-state index is -0.549. The summed E-state index contributed by atoms with van der Waals surface area (Å²) < 4.78 is 8.15. The molecule has 0 spiro atoms. The standard InChI is InChI=1S/C24H22ClN7O4/c1-3-31-23(34)28-22(32(24(31)35)14-15-4-6-16(25)7-5-15)27-17-8-10-18(11-9-17)36-20-13-12-19(29-30-20)21(33)26-2/h4-13H,3,14H2,1-2H3,(H,26,33)(H,27,28,34). The number of ether oxygens (including phenoxy) is 1. The number of carbonyl (C=O) groups is 1. The topological polar surface area (TPSA) is 136 Å². The second-order valence-electron chi connectivity index (χ2n) is 7.54. The zero-order valence-corrected chi connectivity index (χ0v) is 20.2. The maximum absolute atomic E-state index is 13.0. The van der Waals surface area contributed by atoms with E-state index in [0.29, 0.717) is 16.5 Å². The lowest BCUT2D eigenvalue weighted by Gasteiger charge is -2.10. The first kappa shape index (κ1) is 24.6. The van der Waals surface area contributed by atoms with Crippen LogP contribution in [-0.4, -0.2) is 37.3 Å². The maximum atomic E-state index is 13.0. The van der Waals surface area contributed by atoms with E-state index in [0.717, 1.165) is 10.1 Å². The van der Waals surface area contributed by atoms with Gasteiger partial charge in [-0.1, -0.05) is 23.7 Å². The summed E-state index contributed by atoms with van der Waals surface area (Å²) in [6.45, 7) is 2.13. The average molecular weight is 508 g/mol. The lowest BCUT2D eigenvalue weighted by Crippen LogP contribution is -2.49. The number of hydrogen-bond acceptors (Lipinski definition) is 7. The fourth-order valence-electron chi connectivity index (χ4n) is 3.29. The zero-order chi connectivity index (χ0) is 25.7. The lowest BCUT2D eigenvalue weighted by molar-refractivity contribution is 0.0957. The fourth-order valence-corrected chi connectivity index (χ4v) is 3.42. The largest absolute Gasteiger partial charge is 0.438 e. The summed E-state index contributed by atoms with van der Waals surface area (Å²) >= 11 is 5.97. The number of benzene rings is 2. The van der Waals surface area contributed by atoms with Crippen LogP contribution < -0.4 is 27.1 Å². The van der Waals surface area contributed by atoms with E-state index >= 15 is 0 Å². The molecule has 11 nitrogen and oxygen atoms in total. The molecule has 0 aliphatic heterocycles. The van der Waals surface area contributed by atoms with E-state index in [4.69, 9.17) is 16.3 Å². The molecule has 2 heterocycles. The SMILES string of the molecule is CCn1c(=O)[nH]/c(=N\c2ccc(Oc3ccc(C(=O)NC)nn3)cc2)n(Cc2ccc(Cl)cc2)c1=O. The number of amides is 1. The molecule has 0 unspecified atom stereocenters. The van der Waals surface area contributed by atoms with Crippen molar-refractivity contribution >= 4 is 23.2 Å². The highest BCUT2D eigenvalue weighted by atomic mass is 35.5. The predicted octanol–water partition coefficient (Wildman–Crippen LogP) is 2.23. The van der Waals surface area contributed by atoms with Crippen LogP contribution in [0, 0.1) is 0 Å². The zero-order valence-electron chi connectivity index (χ0n) is 19.4. The monoisotopic (exact) mass is 507 g/mol. The number of carbonyl (C=O) groups excluding carboxylic acids is 1. The Morgan fingerprint density at radius 3 is 2.36 bits per heavy atom. The second kappa shape index (κ2) is 10.8. The van der Waals surface area contributed by atoms with Gasteiger partial charge in [0.25, 0.3) is 5.91 Å². The molecule has 1 amide bonds. The van der Waals surface area contributed by atoms with Gasteiger partial charge in [-0.15, -0.1) is 10.2 Å². The molecule has 36 heavy (non-hydrogen) atoms. The van der Waals surface area contributed by atoms with Crippen molar-refractivity contribution in [2.24, 2.45) is 4.99 Å². The summed E-state index contributed by atoms with van der Waals surface area (Å²) in [6.07, 6.45) is 0. The number of halogens is 1. The Bertz CT molecular complexity index is 1560. The van der Waals surface area contributed by atoms with Crippen molar-refractivity contribution in [3.05, 3.63) is 104 Å². The number of rotatable bonds is 7. The average Bonchev–Trinajstić information content (AvgIpc) is 2.89. The lowest BCUT2D eigenvalue weighted by atomic mass is 10.2. The third kappa shape index (κ3) is 5.58. The third-order valence-corrected chi connectivity index (χ3v) is 5.40. The van der Waals surface area contributed by atoms with E-state index in [-0.39, 0.29) is 36.2 Å². The molecule has 184 valence electrons. The van der Waals surface area contributed by atoms with Crippen LogP contribution in [0.4, 0.5) is 5.69 Å². The van der Waals surface area contributed by atoms with Gasteiger partial charge in [0.2, 0.25) is 11.5 Å². The van der Waals surface area contributed by atoms with Crippen molar-refractivity contribution in [1.29, 1.82) is 0 Å². The number of aromatic amines is 1. The van der Waals surface area contributed by atoms with Gasteiger partial charge in [0.15, 0.2) is 5.69 Å². The molecule has 0 saturated heterocycles. The van der Waals surface area contributed by atoms with Gasteiger partial charge in [0.05, 0.1) is 12.2 Å². The summed E-state index contributed by atoms with van der Waals surface area (Å²) in [5.41, 5.74) is 0.553. The summed E-state index contributed by atoms with van der Waals surface area (Å²) in [6, 6.07) is 16.7. The van der Waals surface area contributed by atoms with Crippen LogP contribution in [-0.2, 0) is 13.1 Å². The van der Waals surface area contributed by atoms with Gasteiger partial charge in [0.1, 0.15) is 5.75 Å². The van der Waals surface area contributed by atoms with E-state index in [1.807, 2.05) is 0 Å². The molecule has 12 heteroatoms. The molecule has 2 aromatic heterocycles. The Hall–Kier alpha value is -4.51. The number of aromatic nitrogens is 5. The summed E-state index contributed by atoms with van der Waals surface area (Å²) in [5.74, 6) is 0.318. The molecule has 0 radical (unpaired) electrons. The molecular formula is C24H22ClN7O4. The Kier molecular flexibility index (Phi) is 7.40. The van der Waals surface area contributed by atoms with E-state index in [9.17, 15) is 14.4 Å². The summed E-state index contributed by atoms with van der Waals surface area (Å²) in [4.78, 5) is 44.2. The third-order valence-electron chi connectivity index (χ3n) is 5.15. The van der Waals surface area contributed by atoms with E-state index in [1.54, 1.807) is 55.5 Å². The predicted molar refractivity (Wildman–Crippen MR) is 133 cm³/mol. The minimum absolute atomic E-state index is 0.106. The smallest absolute Gasteiger partial charge is 0.335 e. The molecule has 2 aromatic carbocycles. The maximum Gasteiger partial charge on any atom is 0.335 e. The molecule has 0 saturated carbocycles. The second-order valence-corrected chi connectivity index (χ2v) is 7.97. The fraction of sp³-hybridized carbons (Fsp3) is 0.167. The Balaban J connectivity index is 1.64. The molecule has 0 bridgehead atoms. The molecule has 0 atom stereocenters. The van der Waals surface area contributed by atoms with Crippen LogP contribution in [0.3, 0.4) is 0 Å². The van der Waals surface area contributed by atoms with Gasteiger partial charge in [0, 0.05) is 24.7 Å². The number of nitrogens with zero attached hydrogens (tertiary/aromatic N) is 5. The quantitative estimate of drug-likeness (QED) is 0.393. The van der Waals surface area contributed by atoms with Crippen molar-refractivity contribution in [2.75, 3.05) is 7.05 Å². The highest BCUT2D eigenvalue weighted by Crippen LogP contribution is 2.22. The van der Waals surface area contributed by atoms with Crippen molar-refractivity contribution < 1.29 is 9.53 Å². The molecule has 0 aliphatic carbocycles. The first-order chi connectivity index (χ1) is 17.4.